The lowest BCUT2D eigenvalue weighted by Crippen LogP contribution is -2.41. The molecule has 1 fully saturated rings. The molecule has 0 aromatic heterocycles. The summed E-state index contributed by atoms with van der Waals surface area (Å²) in [5.74, 6) is 1.96. The van der Waals surface area contributed by atoms with Crippen molar-refractivity contribution in [2.24, 2.45) is 4.99 Å². The van der Waals surface area contributed by atoms with Gasteiger partial charge in [-0.25, -0.2) is 0 Å². The van der Waals surface area contributed by atoms with Gasteiger partial charge in [0.25, 0.3) is 0 Å². The van der Waals surface area contributed by atoms with Crippen LogP contribution in [0.1, 0.15) is 25.3 Å². The Kier molecular flexibility index (Phi) is 11.2. The summed E-state index contributed by atoms with van der Waals surface area (Å²) >= 11 is 8.06. The first kappa shape index (κ1) is 22.9. The normalized spacial score (nSPS) is 16.8. The van der Waals surface area contributed by atoms with E-state index in [4.69, 9.17) is 21.3 Å². The summed E-state index contributed by atoms with van der Waals surface area (Å²) in [6.45, 7) is 6.16. The van der Waals surface area contributed by atoms with E-state index in [-0.39, 0.29) is 29.4 Å². The summed E-state index contributed by atoms with van der Waals surface area (Å²) in [5.41, 5.74) is 1.27. The summed E-state index contributed by atoms with van der Waals surface area (Å²) in [6, 6.07) is 8.20. The van der Waals surface area contributed by atoms with E-state index in [1.54, 1.807) is 0 Å². The summed E-state index contributed by atoms with van der Waals surface area (Å²) in [4.78, 5) is 4.87. The zero-order chi connectivity index (χ0) is 17.3. The van der Waals surface area contributed by atoms with Crippen LogP contribution in [0.15, 0.2) is 29.3 Å². The smallest absolute Gasteiger partial charge is 0.191 e. The number of benzene rings is 1. The van der Waals surface area contributed by atoms with E-state index >= 15 is 0 Å². The molecule has 142 valence electrons. The van der Waals surface area contributed by atoms with Gasteiger partial charge in [0, 0.05) is 42.5 Å². The van der Waals surface area contributed by atoms with Crippen LogP contribution >= 0.6 is 47.3 Å². The van der Waals surface area contributed by atoms with Crippen molar-refractivity contribution >= 4 is 53.3 Å². The van der Waals surface area contributed by atoms with Crippen molar-refractivity contribution in [2.45, 2.75) is 25.2 Å². The van der Waals surface area contributed by atoms with E-state index in [1.165, 1.54) is 5.56 Å². The number of nitrogens with one attached hydrogen (secondary N) is 2. The van der Waals surface area contributed by atoms with Gasteiger partial charge in [-0.15, -0.1) is 24.0 Å². The third-order valence-corrected chi connectivity index (χ3v) is 5.22. The average Bonchev–Trinajstić information content (AvgIpc) is 2.61. The first-order valence-corrected chi connectivity index (χ1v) is 10.3. The molecule has 2 N–H and O–H groups in total. The second kappa shape index (κ2) is 12.3. The molecule has 4 nitrogen and oxygen atoms in total. The van der Waals surface area contributed by atoms with Gasteiger partial charge in [0.1, 0.15) is 0 Å². The Morgan fingerprint density at radius 2 is 2.08 bits per heavy atom. The van der Waals surface area contributed by atoms with Gasteiger partial charge in [-0.05, 0) is 43.7 Å². The number of rotatable bonds is 7. The Labute approximate surface area is 177 Å². The molecule has 1 aromatic rings. The van der Waals surface area contributed by atoms with Gasteiger partial charge in [-0.3, -0.25) is 4.99 Å². The zero-order valence-corrected chi connectivity index (χ0v) is 18.9. The molecule has 1 aliphatic heterocycles. The highest BCUT2D eigenvalue weighted by atomic mass is 127. The van der Waals surface area contributed by atoms with Crippen LogP contribution < -0.4 is 10.6 Å². The molecule has 25 heavy (non-hydrogen) atoms. The van der Waals surface area contributed by atoms with Gasteiger partial charge in [0.05, 0.1) is 6.54 Å². The maximum atomic E-state index is 6.23. The quantitative estimate of drug-likeness (QED) is 0.259. The van der Waals surface area contributed by atoms with Gasteiger partial charge < -0.3 is 15.4 Å². The third-order valence-electron chi connectivity index (χ3n) is 4.37. The van der Waals surface area contributed by atoms with Gasteiger partial charge in [-0.2, -0.15) is 11.8 Å². The fraction of sp³-hybridized carbons (Fsp3) is 0.611. The van der Waals surface area contributed by atoms with E-state index in [0.29, 0.717) is 0 Å². The average molecular weight is 498 g/mol. The van der Waals surface area contributed by atoms with Crippen molar-refractivity contribution in [2.75, 3.05) is 44.9 Å². The molecule has 0 radical (unpaired) electrons. The first-order valence-electron chi connectivity index (χ1n) is 8.55. The Morgan fingerprint density at radius 3 is 2.72 bits per heavy atom. The summed E-state index contributed by atoms with van der Waals surface area (Å²) in [6.07, 6.45) is 4.06. The molecular formula is C18H29ClIN3OS. The minimum absolute atomic E-state index is 0. The lowest BCUT2D eigenvalue weighted by atomic mass is 9.74. The second-order valence-electron chi connectivity index (χ2n) is 6.02. The SMILES string of the molecule is CCNC(=NCC1(c2cccc(Cl)c2)CCOCC1)NCCSC.I. The molecule has 0 bridgehead atoms. The molecule has 1 saturated heterocycles. The van der Waals surface area contributed by atoms with Crippen LogP contribution in [-0.2, 0) is 10.2 Å². The van der Waals surface area contributed by atoms with Crippen LogP contribution in [0, 0.1) is 0 Å². The van der Waals surface area contributed by atoms with Crippen molar-refractivity contribution in [1.29, 1.82) is 0 Å². The fourth-order valence-corrected chi connectivity index (χ4v) is 3.46. The lowest BCUT2D eigenvalue weighted by Gasteiger charge is -2.36. The van der Waals surface area contributed by atoms with Crippen LogP contribution in [0.3, 0.4) is 0 Å². The largest absolute Gasteiger partial charge is 0.381 e. The standard InChI is InChI=1S/C18H28ClN3OS.HI/c1-3-20-17(21-9-12-24-2)22-14-18(7-10-23-11-8-18)15-5-4-6-16(19)13-15;/h4-6,13H,3,7-12,14H2,1-2H3,(H2,20,21,22);1H. The van der Waals surface area contributed by atoms with E-state index < -0.39 is 0 Å². The third kappa shape index (κ3) is 7.15. The maximum absolute atomic E-state index is 6.23. The van der Waals surface area contributed by atoms with Gasteiger partial charge >= 0.3 is 0 Å². The summed E-state index contributed by atoms with van der Waals surface area (Å²) < 4.78 is 5.59. The van der Waals surface area contributed by atoms with Crippen LogP contribution in [0.4, 0.5) is 0 Å². The maximum Gasteiger partial charge on any atom is 0.191 e. The van der Waals surface area contributed by atoms with E-state index in [0.717, 1.165) is 62.4 Å². The molecule has 7 heteroatoms. The predicted octanol–water partition coefficient (Wildman–Crippen LogP) is 3.92. The molecule has 1 heterocycles. The molecule has 1 aromatic carbocycles. The zero-order valence-electron chi connectivity index (χ0n) is 15.0. The van der Waals surface area contributed by atoms with Gasteiger partial charge in [0.15, 0.2) is 5.96 Å². The number of nitrogens with zero attached hydrogens (tertiary/aromatic N) is 1. The van der Waals surface area contributed by atoms with Crippen LogP contribution in [-0.4, -0.2) is 50.8 Å². The van der Waals surface area contributed by atoms with E-state index in [2.05, 4.69) is 35.9 Å². The molecule has 0 amide bonds. The molecule has 0 aliphatic carbocycles. The highest BCUT2D eigenvalue weighted by molar-refractivity contribution is 14.0. The number of ether oxygens (including phenoxy) is 1. The Balaban J connectivity index is 0.00000312. The highest BCUT2D eigenvalue weighted by Gasteiger charge is 2.34. The minimum atomic E-state index is 0. The van der Waals surface area contributed by atoms with E-state index in [1.807, 2.05) is 23.9 Å². The Bertz CT molecular complexity index is 539. The second-order valence-corrected chi connectivity index (χ2v) is 7.44. The number of thioether (sulfide) groups is 1. The first-order chi connectivity index (χ1) is 11.7. The minimum Gasteiger partial charge on any atom is -0.381 e. The number of aliphatic imine (C=N–C) groups is 1. The molecule has 0 spiro atoms. The van der Waals surface area contributed by atoms with Crippen molar-refractivity contribution in [3.8, 4) is 0 Å². The van der Waals surface area contributed by atoms with Crippen LogP contribution in [0.5, 0.6) is 0 Å². The van der Waals surface area contributed by atoms with Crippen molar-refractivity contribution in [3.05, 3.63) is 34.9 Å². The summed E-state index contributed by atoms with van der Waals surface area (Å²) in [7, 11) is 0. The Hall–Kier alpha value is -0.180. The monoisotopic (exact) mass is 497 g/mol. The molecule has 0 atom stereocenters. The lowest BCUT2D eigenvalue weighted by molar-refractivity contribution is 0.0531. The number of guanidine groups is 1. The molecule has 1 aliphatic rings. The van der Waals surface area contributed by atoms with Crippen LogP contribution in [0.2, 0.25) is 5.02 Å². The molecule has 0 saturated carbocycles. The predicted molar refractivity (Wildman–Crippen MR) is 121 cm³/mol. The Morgan fingerprint density at radius 1 is 1.32 bits per heavy atom. The van der Waals surface area contributed by atoms with Crippen LogP contribution in [0.25, 0.3) is 0 Å². The van der Waals surface area contributed by atoms with E-state index in [9.17, 15) is 0 Å². The van der Waals surface area contributed by atoms with Crippen molar-refractivity contribution < 1.29 is 4.74 Å². The number of hydrogen-bond acceptors (Lipinski definition) is 3. The molecule has 2 rings (SSSR count). The number of hydrogen-bond donors (Lipinski definition) is 2. The van der Waals surface area contributed by atoms with Gasteiger partial charge in [-0.1, -0.05) is 23.7 Å². The molecule has 0 unspecified atom stereocenters. The summed E-state index contributed by atoms with van der Waals surface area (Å²) in [5, 5.41) is 7.52. The van der Waals surface area contributed by atoms with Crippen molar-refractivity contribution in [3.63, 3.8) is 0 Å². The topological polar surface area (TPSA) is 45.7 Å². The molecular weight excluding hydrogens is 469 g/mol. The van der Waals surface area contributed by atoms with Crippen molar-refractivity contribution in [1.82, 2.24) is 10.6 Å². The van der Waals surface area contributed by atoms with Gasteiger partial charge in [0.2, 0.25) is 0 Å². The highest BCUT2D eigenvalue weighted by Crippen LogP contribution is 2.36. The number of halogens is 2. The fourth-order valence-electron chi connectivity index (χ4n) is 2.96.